The first-order valence-corrected chi connectivity index (χ1v) is 7.97. The Bertz CT molecular complexity index is 749. The molecule has 1 N–H and O–H groups in total. The number of likely N-dealkylation sites (N-methyl/N-ethyl adjacent to an activating group) is 1. The van der Waals surface area contributed by atoms with Gasteiger partial charge in [0.2, 0.25) is 5.91 Å². The number of nitrogens with zero attached hydrogens (tertiary/aromatic N) is 1. The third-order valence-corrected chi connectivity index (χ3v) is 4.32. The third-order valence-electron chi connectivity index (χ3n) is 4.32. The average molecular weight is 306 g/mol. The summed E-state index contributed by atoms with van der Waals surface area (Å²) in [5, 5.41) is 3.03. The predicted octanol–water partition coefficient (Wildman–Crippen LogP) is 3.63. The van der Waals surface area contributed by atoms with Gasteiger partial charge in [-0.1, -0.05) is 36.4 Å². The zero-order chi connectivity index (χ0) is 16.2. The van der Waals surface area contributed by atoms with Crippen molar-refractivity contribution in [1.29, 1.82) is 0 Å². The maximum Gasteiger partial charge on any atom is 0.248 e. The number of carbonyl (C=O) groups is 1. The molecule has 1 heterocycles. The summed E-state index contributed by atoms with van der Waals surface area (Å²) >= 11 is 0. The summed E-state index contributed by atoms with van der Waals surface area (Å²) in [7, 11) is 2.12. The Kier molecular flexibility index (Phi) is 4.58. The molecule has 118 valence electrons. The summed E-state index contributed by atoms with van der Waals surface area (Å²) in [6.45, 7) is 4.01. The summed E-state index contributed by atoms with van der Waals surface area (Å²) in [4.78, 5) is 14.5. The number of hydrogen-bond donors (Lipinski definition) is 1. The number of hydrogen-bond acceptors (Lipinski definition) is 2. The number of aryl methyl sites for hydroxylation is 1. The van der Waals surface area contributed by atoms with E-state index in [1.54, 1.807) is 6.08 Å². The maximum atomic E-state index is 12.2. The van der Waals surface area contributed by atoms with Gasteiger partial charge in [0.25, 0.3) is 0 Å². The van der Waals surface area contributed by atoms with E-state index in [9.17, 15) is 4.79 Å². The molecule has 3 heteroatoms. The van der Waals surface area contributed by atoms with Gasteiger partial charge >= 0.3 is 0 Å². The van der Waals surface area contributed by atoms with Gasteiger partial charge in [-0.15, -0.1) is 0 Å². The molecule has 0 aromatic heterocycles. The predicted molar refractivity (Wildman–Crippen MR) is 95.3 cm³/mol. The summed E-state index contributed by atoms with van der Waals surface area (Å²) in [5.74, 6) is -0.0828. The lowest BCUT2D eigenvalue weighted by atomic mass is 9.98. The number of anilines is 1. The summed E-state index contributed by atoms with van der Waals surface area (Å²) in [6.07, 6.45) is 4.45. The maximum absolute atomic E-state index is 12.2. The third kappa shape index (κ3) is 3.69. The fourth-order valence-electron chi connectivity index (χ4n) is 2.98. The number of carbonyl (C=O) groups excluding carboxylic acids is 1. The molecule has 1 amide bonds. The second-order valence-electron chi connectivity index (χ2n) is 6.11. The van der Waals surface area contributed by atoms with Crippen LogP contribution in [-0.2, 0) is 17.8 Å². The number of rotatable bonds is 3. The Morgan fingerprint density at radius 1 is 1.17 bits per heavy atom. The smallest absolute Gasteiger partial charge is 0.248 e. The molecule has 0 atom stereocenters. The zero-order valence-corrected chi connectivity index (χ0v) is 13.7. The molecular formula is C20H22N2O. The van der Waals surface area contributed by atoms with Crippen molar-refractivity contribution in [2.45, 2.75) is 19.9 Å². The topological polar surface area (TPSA) is 32.3 Å². The molecule has 0 saturated carbocycles. The highest BCUT2D eigenvalue weighted by Crippen LogP contribution is 2.25. The molecule has 2 aromatic rings. The van der Waals surface area contributed by atoms with Crippen LogP contribution in [0.25, 0.3) is 6.08 Å². The first kappa shape index (κ1) is 15.5. The van der Waals surface area contributed by atoms with Crippen molar-refractivity contribution in [2.75, 3.05) is 18.9 Å². The SMILES string of the molecule is Cc1ccccc1C=CC(=O)Nc1cccc2c1CCN(C)C2. The number of nitrogens with one attached hydrogen (secondary N) is 1. The van der Waals surface area contributed by atoms with Gasteiger partial charge in [-0.25, -0.2) is 0 Å². The van der Waals surface area contributed by atoms with Crippen molar-refractivity contribution in [3.05, 3.63) is 70.8 Å². The fourth-order valence-corrected chi connectivity index (χ4v) is 2.98. The van der Waals surface area contributed by atoms with E-state index in [2.05, 4.69) is 23.3 Å². The Morgan fingerprint density at radius 2 is 2.00 bits per heavy atom. The van der Waals surface area contributed by atoms with E-state index < -0.39 is 0 Å². The van der Waals surface area contributed by atoms with Gasteiger partial charge in [-0.05, 0) is 54.8 Å². The Balaban J connectivity index is 1.74. The number of fused-ring (bicyclic) bond motifs is 1. The highest BCUT2D eigenvalue weighted by molar-refractivity contribution is 6.02. The van der Waals surface area contributed by atoms with Crippen molar-refractivity contribution in [3.63, 3.8) is 0 Å². The van der Waals surface area contributed by atoms with Gasteiger partial charge < -0.3 is 10.2 Å². The molecule has 0 saturated heterocycles. The van der Waals surface area contributed by atoms with Crippen molar-refractivity contribution in [2.24, 2.45) is 0 Å². The molecule has 0 aliphatic carbocycles. The molecule has 0 fully saturated rings. The van der Waals surface area contributed by atoms with Gasteiger partial charge in [-0.2, -0.15) is 0 Å². The Labute approximate surface area is 137 Å². The minimum absolute atomic E-state index is 0.0828. The van der Waals surface area contributed by atoms with Crippen LogP contribution in [0.4, 0.5) is 5.69 Å². The highest BCUT2D eigenvalue weighted by Gasteiger charge is 2.16. The monoisotopic (exact) mass is 306 g/mol. The van der Waals surface area contributed by atoms with E-state index in [0.717, 1.165) is 36.3 Å². The van der Waals surface area contributed by atoms with E-state index in [4.69, 9.17) is 0 Å². The molecule has 0 spiro atoms. The quantitative estimate of drug-likeness (QED) is 0.878. The first-order chi connectivity index (χ1) is 11.1. The normalized spacial score (nSPS) is 14.7. The summed E-state index contributed by atoms with van der Waals surface area (Å²) in [6, 6.07) is 14.2. The second-order valence-corrected chi connectivity index (χ2v) is 6.11. The minimum atomic E-state index is -0.0828. The zero-order valence-electron chi connectivity index (χ0n) is 13.7. The fraction of sp³-hybridized carbons (Fsp3) is 0.250. The van der Waals surface area contributed by atoms with E-state index in [0.29, 0.717) is 0 Å². The van der Waals surface area contributed by atoms with Gasteiger partial charge in [0.05, 0.1) is 0 Å². The van der Waals surface area contributed by atoms with Crippen molar-refractivity contribution < 1.29 is 4.79 Å². The molecule has 1 aliphatic rings. The lowest BCUT2D eigenvalue weighted by Gasteiger charge is -2.26. The summed E-state index contributed by atoms with van der Waals surface area (Å²) < 4.78 is 0. The Hall–Kier alpha value is -2.39. The first-order valence-electron chi connectivity index (χ1n) is 7.97. The molecule has 1 aliphatic heterocycles. The van der Waals surface area contributed by atoms with Crippen LogP contribution in [0, 0.1) is 6.92 Å². The van der Waals surface area contributed by atoms with Gasteiger partial charge in [0, 0.05) is 24.9 Å². The van der Waals surface area contributed by atoms with Gasteiger partial charge in [0.15, 0.2) is 0 Å². The Morgan fingerprint density at radius 3 is 2.83 bits per heavy atom. The number of amides is 1. The van der Waals surface area contributed by atoms with Crippen molar-refractivity contribution in [3.8, 4) is 0 Å². The van der Waals surface area contributed by atoms with E-state index in [1.165, 1.54) is 11.1 Å². The van der Waals surface area contributed by atoms with Crippen LogP contribution < -0.4 is 5.32 Å². The lowest BCUT2D eigenvalue weighted by Crippen LogP contribution is -2.27. The van der Waals surface area contributed by atoms with Crippen molar-refractivity contribution in [1.82, 2.24) is 4.90 Å². The molecule has 0 unspecified atom stereocenters. The summed E-state index contributed by atoms with van der Waals surface area (Å²) in [5.41, 5.74) is 5.74. The average Bonchev–Trinajstić information content (AvgIpc) is 2.54. The molecular weight excluding hydrogens is 284 g/mol. The molecule has 0 bridgehead atoms. The van der Waals surface area contributed by atoms with Gasteiger partial charge in [0.1, 0.15) is 0 Å². The van der Waals surface area contributed by atoms with Crippen LogP contribution in [-0.4, -0.2) is 24.4 Å². The largest absolute Gasteiger partial charge is 0.322 e. The van der Waals surface area contributed by atoms with Crippen molar-refractivity contribution >= 4 is 17.7 Å². The van der Waals surface area contributed by atoms with E-state index in [-0.39, 0.29) is 5.91 Å². The van der Waals surface area contributed by atoms with Gasteiger partial charge in [-0.3, -0.25) is 4.79 Å². The van der Waals surface area contributed by atoms with E-state index in [1.807, 2.05) is 49.4 Å². The lowest BCUT2D eigenvalue weighted by molar-refractivity contribution is -0.111. The molecule has 3 nitrogen and oxygen atoms in total. The van der Waals surface area contributed by atoms with Crippen LogP contribution in [0.2, 0.25) is 0 Å². The molecule has 0 radical (unpaired) electrons. The standard InChI is InChI=1S/C20H22N2O/c1-15-6-3-4-7-16(15)10-11-20(23)21-19-9-5-8-17-14-22(2)13-12-18(17)19/h3-11H,12-14H2,1-2H3,(H,21,23). The highest BCUT2D eigenvalue weighted by atomic mass is 16.1. The van der Waals surface area contributed by atoms with Crippen LogP contribution in [0.1, 0.15) is 22.3 Å². The van der Waals surface area contributed by atoms with Crippen LogP contribution in [0.3, 0.4) is 0 Å². The molecule has 23 heavy (non-hydrogen) atoms. The van der Waals surface area contributed by atoms with E-state index >= 15 is 0 Å². The van der Waals surface area contributed by atoms with Crippen LogP contribution >= 0.6 is 0 Å². The van der Waals surface area contributed by atoms with Crippen LogP contribution in [0.15, 0.2) is 48.5 Å². The number of benzene rings is 2. The molecule has 2 aromatic carbocycles. The molecule has 3 rings (SSSR count). The second kappa shape index (κ2) is 6.80. The van der Waals surface area contributed by atoms with Crippen LogP contribution in [0.5, 0.6) is 0 Å². The minimum Gasteiger partial charge on any atom is -0.322 e.